The van der Waals surface area contributed by atoms with E-state index in [0.29, 0.717) is 21.5 Å². The molecule has 2 rings (SSSR count). The Morgan fingerprint density at radius 2 is 1.68 bits per heavy atom. The molecule has 0 saturated heterocycles. The molecule has 25 heavy (non-hydrogen) atoms. The van der Waals surface area contributed by atoms with E-state index in [9.17, 15) is 9.59 Å². The van der Waals surface area contributed by atoms with Gasteiger partial charge >= 0.3 is 6.09 Å². The average Bonchev–Trinajstić information content (AvgIpc) is 2.59. The minimum absolute atomic E-state index is 0.199. The molecule has 0 aromatic heterocycles. The summed E-state index contributed by atoms with van der Waals surface area (Å²) in [6.07, 6.45) is -0.593. The molecule has 0 radical (unpaired) electrons. The highest BCUT2D eigenvalue weighted by Crippen LogP contribution is 2.27. The molecule has 0 fully saturated rings. The summed E-state index contributed by atoms with van der Waals surface area (Å²) in [7, 11) is 0. The van der Waals surface area contributed by atoms with Crippen LogP contribution < -0.4 is 20.1 Å². The van der Waals surface area contributed by atoms with E-state index in [4.69, 9.17) is 32.7 Å². The molecule has 0 aliphatic rings. The van der Waals surface area contributed by atoms with E-state index in [-0.39, 0.29) is 25.6 Å². The van der Waals surface area contributed by atoms with Gasteiger partial charge in [-0.25, -0.2) is 4.79 Å². The second-order valence-electron chi connectivity index (χ2n) is 4.84. The molecular weight excluding hydrogens is 367 g/mol. The van der Waals surface area contributed by atoms with Gasteiger partial charge < -0.3 is 20.1 Å². The van der Waals surface area contributed by atoms with E-state index < -0.39 is 6.09 Å². The van der Waals surface area contributed by atoms with Crippen LogP contribution in [-0.4, -0.2) is 31.7 Å². The maximum Gasteiger partial charge on any atom is 0.412 e. The highest BCUT2D eigenvalue weighted by Gasteiger charge is 2.07. The van der Waals surface area contributed by atoms with Crippen molar-refractivity contribution in [3.05, 3.63) is 58.6 Å². The van der Waals surface area contributed by atoms with Crippen molar-refractivity contribution in [1.82, 2.24) is 10.6 Å². The molecule has 0 spiro atoms. The summed E-state index contributed by atoms with van der Waals surface area (Å²) in [6, 6.07) is 13.4. The summed E-state index contributed by atoms with van der Waals surface area (Å²) in [5.41, 5.74) is 0. The number of carbonyl (C=O) groups excluding carboxylic acids is 2. The summed E-state index contributed by atoms with van der Waals surface area (Å²) in [5.74, 6) is 0.465. The van der Waals surface area contributed by atoms with E-state index in [1.54, 1.807) is 36.4 Å². The van der Waals surface area contributed by atoms with E-state index in [0.717, 1.165) is 0 Å². The third-order valence-electron chi connectivity index (χ3n) is 2.92. The fourth-order valence-corrected chi connectivity index (χ4v) is 2.25. The number of benzene rings is 2. The third-order valence-corrected chi connectivity index (χ3v) is 3.45. The Kier molecular flexibility index (Phi) is 7.37. The summed E-state index contributed by atoms with van der Waals surface area (Å²) in [6.45, 7) is 0.259. The number of halogens is 2. The summed E-state index contributed by atoms with van der Waals surface area (Å²) >= 11 is 11.7. The quantitative estimate of drug-likeness (QED) is 0.720. The van der Waals surface area contributed by atoms with Crippen molar-refractivity contribution in [1.29, 1.82) is 0 Å². The van der Waals surface area contributed by atoms with Crippen molar-refractivity contribution in [2.75, 3.05) is 19.7 Å². The average molecular weight is 383 g/mol. The molecule has 2 aromatic rings. The number of carbonyl (C=O) groups is 2. The van der Waals surface area contributed by atoms with Gasteiger partial charge in [-0.2, -0.15) is 0 Å². The predicted octanol–water partition coefficient (Wildman–Crippen LogP) is 3.28. The van der Waals surface area contributed by atoms with E-state index in [2.05, 4.69) is 10.6 Å². The zero-order chi connectivity index (χ0) is 18.1. The smallest absolute Gasteiger partial charge is 0.412 e. The molecule has 0 heterocycles. The van der Waals surface area contributed by atoms with Crippen molar-refractivity contribution in [2.24, 2.45) is 0 Å². The van der Waals surface area contributed by atoms with Crippen molar-refractivity contribution >= 4 is 35.2 Å². The van der Waals surface area contributed by atoms with Crippen molar-refractivity contribution < 1.29 is 19.1 Å². The zero-order valence-corrected chi connectivity index (χ0v) is 14.6. The summed E-state index contributed by atoms with van der Waals surface area (Å²) in [5, 5.41) is 5.93. The fraction of sp³-hybridized carbons (Fsp3) is 0.176. The van der Waals surface area contributed by atoms with Crippen molar-refractivity contribution in [3.63, 3.8) is 0 Å². The molecule has 0 atom stereocenters. The van der Waals surface area contributed by atoms with Gasteiger partial charge in [0.05, 0.1) is 5.02 Å². The Bertz CT molecular complexity index is 726. The van der Waals surface area contributed by atoms with Crippen LogP contribution in [-0.2, 0) is 4.79 Å². The van der Waals surface area contributed by atoms with Crippen LogP contribution in [0.2, 0.25) is 10.0 Å². The van der Waals surface area contributed by atoms with Gasteiger partial charge in [0, 0.05) is 18.1 Å². The second-order valence-corrected chi connectivity index (χ2v) is 5.69. The van der Waals surface area contributed by atoms with E-state index in [1.807, 2.05) is 6.07 Å². The first-order valence-corrected chi connectivity index (χ1v) is 8.15. The van der Waals surface area contributed by atoms with Crippen LogP contribution in [0.1, 0.15) is 0 Å². The van der Waals surface area contributed by atoms with Gasteiger partial charge in [-0.3, -0.25) is 4.79 Å². The number of amides is 2. The number of hydrogen-bond acceptors (Lipinski definition) is 4. The molecule has 0 aliphatic carbocycles. The van der Waals surface area contributed by atoms with Crippen LogP contribution in [0.4, 0.5) is 4.79 Å². The molecule has 0 saturated carbocycles. The minimum atomic E-state index is -0.593. The minimum Gasteiger partial charge on any atom is -0.482 e. The normalized spacial score (nSPS) is 10.0. The van der Waals surface area contributed by atoms with Gasteiger partial charge in [0.2, 0.25) is 0 Å². The summed E-state index contributed by atoms with van der Waals surface area (Å²) in [4.78, 5) is 23.2. The molecule has 0 unspecified atom stereocenters. The topological polar surface area (TPSA) is 76.7 Å². The first-order chi connectivity index (χ1) is 12.0. The number of hydrogen-bond donors (Lipinski definition) is 2. The maximum atomic E-state index is 11.7. The lowest BCUT2D eigenvalue weighted by atomic mass is 10.3. The number of ether oxygens (including phenoxy) is 2. The van der Waals surface area contributed by atoms with Crippen LogP contribution >= 0.6 is 23.2 Å². The SMILES string of the molecule is O=C(COc1ccc(Cl)cc1Cl)NCCNC(=O)Oc1ccccc1. The largest absolute Gasteiger partial charge is 0.482 e. The van der Waals surface area contributed by atoms with Crippen LogP contribution in [0, 0.1) is 0 Å². The second kappa shape index (κ2) is 9.76. The van der Waals surface area contributed by atoms with Gasteiger partial charge in [-0.15, -0.1) is 0 Å². The Balaban J connectivity index is 1.61. The van der Waals surface area contributed by atoms with Gasteiger partial charge in [0.15, 0.2) is 6.61 Å². The van der Waals surface area contributed by atoms with Crippen LogP contribution in [0.25, 0.3) is 0 Å². The molecule has 6 nitrogen and oxygen atoms in total. The highest BCUT2D eigenvalue weighted by atomic mass is 35.5. The molecule has 0 bridgehead atoms. The van der Waals surface area contributed by atoms with Gasteiger partial charge in [-0.05, 0) is 30.3 Å². The van der Waals surface area contributed by atoms with E-state index in [1.165, 1.54) is 6.07 Å². The predicted molar refractivity (Wildman–Crippen MR) is 95.4 cm³/mol. The Morgan fingerprint density at radius 1 is 0.960 bits per heavy atom. The van der Waals surface area contributed by atoms with Crippen LogP contribution in [0.3, 0.4) is 0 Å². The molecular formula is C17H16Cl2N2O4. The molecule has 2 N–H and O–H groups in total. The summed E-state index contributed by atoms with van der Waals surface area (Å²) < 4.78 is 10.3. The molecule has 132 valence electrons. The third kappa shape index (κ3) is 6.91. The van der Waals surface area contributed by atoms with Crippen molar-refractivity contribution in [3.8, 4) is 11.5 Å². The lowest BCUT2D eigenvalue weighted by Crippen LogP contribution is -2.37. The van der Waals surface area contributed by atoms with E-state index >= 15 is 0 Å². The molecule has 2 amide bonds. The molecule has 2 aromatic carbocycles. The first kappa shape index (κ1) is 18.9. The lowest BCUT2D eigenvalue weighted by Gasteiger charge is -2.10. The maximum absolute atomic E-state index is 11.7. The van der Waals surface area contributed by atoms with Crippen molar-refractivity contribution in [2.45, 2.75) is 0 Å². The van der Waals surface area contributed by atoms with Gasteiger partial charge in [-0.1, -0.05) is 41.4 Å². The van der Waals surface area contributed by atoms with Crippen LogP contribution in [0.5, 0.6) is 11.5 Å². The molecule has 0 aliphatic heterocycles. The van der Waals surface area contributed by atoms with Crippen LogP contribution in [0.15, 0.2) is 48.5 Å². The Labute approximate surface area is 155 Å². The van der Waals surface area contributed by atoms with Gasteiger partial charge in [0.1, 0.15) is 11.5 Å². The lowest BCUT2D eigenvalue weighted by molar-refractivity contribution is -0.123. The standard InChI is InChI=1S/C17H16Cl2N2O4/c18-12-6-7-15(14(19)10-12)24-11-16(22)20-8-9-21-17(23)25-13-4-2-1-3-5-13/h1-7,10H,8-9,11H2,(H,20,22)(H,21,23). The first-order valence-electron chi connectivity index (χ1n) is 7.40. The van der Waals surface area contributed by atoms with Gasteiger partial charge in [0.25, 0.3) is 5.91 Å². The number of rotatable bonds is 7. The molecule has 8 heteroatoms. The fourth-order valence-electron chi connectivity index (χ4n) is 1.78. The Hall–Kier alpha value is -2.44. The highest BCUT2D eigenvalue weighted by molar-refractivity contribution is 6.35. The Morgan fingerprint density at radius 3 is 2.40 bits per heavy atom. The number of nitrogens with one attached hydrogen (secondary N) is 2. The number of para-hydroxylation sites is 1. The monoisotopic (exact) mass is 382 g/mol. The zero-order valence-electron chi connectivity index (χ0n) is 13.1.